The van der Waals surface area contributed by atoms with Gasteiger partial charge in [0.15, 0.2) is 0 Å². The van der Waals surface area contributed by atoms with Gasteiger partial charge >= 0.3 is 11.9 Å². The second kappa shape index (κ2) is 9.53. The van der Waals surface area contributed by atoms with E-state index in [4.69, 9.17) is 9.15 Å². The van der Waals surface area contributed by atoms with Crippen LogP contribution in [0.2, 0.25) is 0 Å². The number of esters is 2. The van der Waals surface area contributed by atoms with Gasteiger partial charge in [-0.25, -0.2) is 9.59 Å². The Hall–Kier alpha value is -4.51. The van der Waals surface area contributed by atoms with Crippen molar-refractivity contribution in [1.29, 1.82) is 0 Å². The molecule has 1 aromatic heterocycles. The van der Waals surface area contributed by atoms with Crippen LogP contribution in [0.3, 0.4) is 0 Å². The largest absolute Gasteiger partial charge is 0.456 e. The Labute approximate surface area is 183 Å². The Kier molecular flexibility index (Phi) is 6.18. The van der Waals surface area contributed by atoms with Crippen LogP contribution in [0.4, 0.5) is 0 Å². The fourth-order valence-electron chi connectivity index (χ4n) is 3.10. The Bertz CT molecular complexity index is 1330. The third-order valence-electron chi connectivity index (χ3n) is 4.69. The Morgan fingerprint density at radius 1 is 0.531 bits per heavy atom. The molecule has 5 aromatic rings. The van der Waals surface area contributed by atoms with Gasteiger partial charge in [0, 0.05) is 0 Å². The fraction of sp³-hybridized carbons (Fsp3) is 0. The second-order valence-electron chi connectivity index (χ2n) is 6.83. The molecule has 0 fully saturated rings. The third-order valence-corrected chi connectivity index (χ3v) is 4.69. The summed E-state index contributed by atoms with van der Waals surface area (Å²) in [6, 6.07) is 31.4. The summed E-state index contributed by atoms with van der Waals surface area (Å²) in [6.07, 6.45) is 0. The highest BCUT2D eigenvalue weighted by molar-refractivity contribution is 6.02. The first-order valence-electron chi connectivity index (χ1n) is 9.90. The van der Waals surface area contributed by atoms with E-state index in [0.29, 0.717) is 33.1 Å². The van der Waals surface area contributed by atoms with Crippen LogP contribution in [-0.4, -0.2) is 11.9 Å². The summed E-state index contributed by atoms with van der Waals surface area (Å²) in [4.78, 5) is 35.2. The molecule has 0 aliphatic carbocycles. The fourth-order valence-corrected chi connectivity index (χ4v) is 3.10. The second-order valence-corrected chi connectivity index (χ2v) is 6.83. The van der Waals surface area contributed by atoms with Gasteiger partial charge in [0.2, 0.25) is 5.43 Å². The first-order chi connectivity index (χ1) is 15.6. The van der Waals surface area contributed by atoms with E-state index < -0.39 is 11.9 Å². The summed E-state index contributed by atoms with van der Waals surface area (Å²) in [6.45, 7) is 0. The predicted molar refractivity (Wildman–Crippen MR) is 123 cm³/mol. The van der Waals surface area contributed by atoms with Crippen molar-refractivity contribution in [2.24, 2.45) is 0 Å². The first kappa shape index (κ1) is 20.8. The smallest absolute Gasteiger partial charge is 0.346 e. The summed E-state index contributed by atoms with van der Waals surface area (Å²) in [5.74, 6) is -1.28. The average molecular weight is 422 g/mol. The van der Waals surface area contributed by atoms with Crippen molar-refractivity contribution >= 4 is 33.9 Å². The van der Waals surface area contributed by atoms with Crippen molar-refractivity contribution < 1.29 is 18.7 Å². The molecule has 4 aromatic carbocycles. The number of ether oxygens (including phenoxy) is 1. The van der Waals surface area contributed by atoms with E-state index >= 15 is 0 Å². The molecule has 0 unspecified atom stereocenters. The molecule has 5 rings (SSSR count). The van der Waals surface area contributed by atoms with Crippen LogP contribution in [0.15, 0.2) is 118 Å². The normalized spacial score (nSPS) is 10.2. The molecule has 156 valence electrons. The summed E-state index contributed by atoms with van der Waals surface area (Å²) in [5, 5.41) is 1.27. The molecule has 0 radical (unpaired) electrons. The Morgan fingerprint density at radius 2 is 0.906 bits per heavy atom. The van der Waals surface area contributed by atoms with E-state index in [-0.39, 0.29) is 5.43 Å². The topological polar surface area (TPSA) is 73.6 Å². The SMILES string of the molecule is O=C(OC(=O)c1ccccc1)c1ccccc1.O=c1c2ccccc2oc2ccccc12. The van der Waals surface area contributed by atoms with E-state index in [2.05, 4.69) is 0 Å². The number of fused-ring (bicyclic) bond motifs is 2. The summed E-state index contributed by atoms with van der Waals surface area (Å²) in [7, 11) is 0. The van der Waals surface area contributed by atoms with E-state index in [1.165, 1.54) is 0 Å². The molecule has 5 heteroatoms. The highest BCUT2D eigenvalue weighted by atomic mass is 16.6. The van der Waals surface area contributed by atoms with Gasteiger partial charge in [-0.05, 0) is 48.5 Å². The van der Waals surface area contributed by atoms with Crippen molar-refractivity contribution in [3.63, 3.8) is 0 Å². The standard InChI is InChI=1S/C14H10O3.C13H8O2/c15-13(11-7-3-1-4-8-11)17-14(16)12-9-5-2-6-10-12;14-13-9-5-1-3-7-11(9)15-12-8-4-2-6-10(12)13/h1-10H;1-8H. The number of hydrogen-bond donors (Lipinski definition) is 0. The molecule has 0 bridgehead atoms. The zero-order valence-corrected chi connectivity index (χ0v) is 16.9. The van der Waals surface area contributed by atoms with E-state index in [0.717, 1.165) is 0 Å². The quantitative estimate of drug-likeness (QED) is 0.209. The maximum Gasteiger partial charge on any atom is 0.346 e. The van der Waals surface area contributed by atoms with Gasteiger partial charge in [-0.1, -0.05) is 60.7 Å². The Morgan fingerprint density at radius 3 is 1.34 bits per heavy atom. The molecular formula is C27H18O5. The predicted octanol–water partition coefficient (Wildman–Crippen LogP) is 5.63. The molecule has 32 heavy (non-hydrogen) atoms. The van der Waals surface area contributed by atoms with Gasteiger partial charge in [-0.2, -0.15) is 0 Å². The van der Waals surface area contributed by atoms with Gasteiger partial charge in [0.05, 0.1) is 21.9 Å². The van der Waals surface area contributed by atoms with Crippen LogP contribution in [0.25, 0.3) is 21.9 Å². The number of hydrogen-bond acceptors (Lipinski definition) is 5. The lowest BCUT2D eigenvalue weighted by atomic mass is 10.1. The molecule has 0 N–H and O–H groups in total. The molecule has 0 amide bonds. The van der Waals surface area contributed by atoms with Crippen molar-refractivity contribution in [2.45, 2.75) is 0 Å². The number of para-hydroxylation sites is 2. The third kappa shape index (κ3) is 4.63. The number of carbonyl (C=O) groups excluding carboxylic acids is 2. The number of rotatable bonds is 2. The van der Waals surface area contributed by atoms with Crippen LogP contribution >= 0.6 is 0 Å². The van der Waals surface area contributed by atoms with Gasteiger partial charge in [-0.3, -0.25) is 4.79 Å². The highest BCUT2D eigenvalue weighted by Gasteiger charge is 2.13. The van der Waals surface area contributed by atoms with Gasteiger partial charge in [0.25, 0.3) is 0 Å². The zero-order valence-electron chi connectivity index (χ0n) is 16.9. The van der Waals surface area contributed by atoms with Gasteiger partial charge in [0.1, 0.15) is 11.2 Å². The van der Waals surface area contributed by atoms with E-state index in [9.17, 15) is 14.4 Å². The molecule has 0 aliphatic rings. The van der Waals surface area contributed by atoms with Crippen molar-refractivity contribution in [3.05, 3.63) is 131 Å². The van der Waals surface area contributed by atoms with Gasteiger partial charge in [-0.15, -0.1) is 0 Å². The van der Waals surface area contributed by atoms with E-state index in [1.807, 2.05) is 36.4 Å². The molecule has 5 nitrogen and oxygen atoms in total. The molecule has 0 spiro atoms. The molecule has 0 saturated heterocycles. The van der Waals surface area contributed by atoms with Crippen LogP contribution in [0.5, 0.6) is 0 Å². The van der Waals surface area contributed by atoms with Gasteiger partial charge < -0.3 is 9.15 Å². The molecule has 0 aliphatic heterocycles. The molecular weight excluding hydrogens is 404 g/mol. The maximum absolute atomic E-state index is 12.0. The minimum atomic E-state index is -0.639. The molecule has 1 heterocycles. The lowest BCUT2D eigenvalue weighted by Gasteiger charge is -2.02. The summed E-state index contributed by atoms with van der Waals surface area (Å²) < 4.78 is 10.4. The number of carbonyl (C=O) groups is 2. The Balaban J connectivity index is 0.000000154. The average Bonchev–Trinajstić information content (AvgIpc) is 2.86. The summed E-state index contributed by atoms with van der Waals surface area (Å²) in [5.41, 5.74) is 2.03. The lowest BCUT2D eigenvalue weighted by molar-refractivity contribution is 0.0398. The molecule has 0 atom stereocenters. The monoisotopic (exact) mass is 422 g/mol. The van der Waals surface area contributed by atoms with E-state index in [1.54, 1.807) is 72.8 Å². The molecule has 0 saturated carbocycles. The minimum absolute atomic E-state index is 0.0347. The van der Waals surface area contributed by atoms with Crippen molar-refractivity contribution in [3.8, 4) is 0 Å². The number of benzene rings is 4. The van der Waals surface area contributed by atoms with Crippen molar-refractivity contribution in [1.82, 2.24) is 0 Å². The van der Waals surface area contributed by atoms with Crippen LogP contribution in [0.1, 0.15) is 20.7 Å². The van der Waals surface area contributed by atoms with Crippen LogP contribution in [-0.2, 0) is 4.74 Å². The first-order valence-corrected chi connectivity index (χ1v) is 9.90. The zero-order chi connectivity index (χ0) is 22.3. The van der Waals surface area contributed by atoms with Crippen LogP contribution < -0.4 is 5.43 Å². The lowest BCUT2D eigenvalue weighted by Crippen LogP contribution is -2.12. The van der Waals surface area contributed by atoms with Crippen LogP contribution in [0, 0.1) is 0 Å². The maximum atomic E-state index is 12.0. The van der Waals surface area contributed by atoms with Crippen molar-refractivity contribution in [2.75, 3.05) is 0 Å². The summed E-state index contributed by atoms with van der Waals surface area (Å²) >= 11 is 0. The minimum Gasteiger partial charge on any atom is -0.456 e. The highest BCUT2D eigenvalue weighted by Crippen LogP contribution is 2.17.